The van der Waals surface area contributed by atoms with Crippen LogP contribution in [0.2, 0.25) is 0 Å². The molecule has 4 aromatic rings. The molecule has 0 saturated heterocycles. The molecular formula is C27H26O4P2. The monoisotopic (exact) mass is 476 g/mol. The summed E-state index contributed by atoms with van der Waals surface area (Å²) in [6.45, 7) is -0.268. The van der Waals surface area contributed by atoms with Crippen molar-refractivity contribution in [2.75, 3.05) is 13.0 Å². The lowest BCUT2D eigenvalue weighted by Crippen LogP contribution is -2.27. The molecule has 1 N–H and O–H groups in total. The van der Waals surface area contributed by atoms with Crippen LogP contribution >= 0.6 is 14.3 Å². The molecule has 0 aromatic heterocycles. The first-order valence-corrected chi connectivity index (χ1v) is 14.4. The Balaban J connectivity index is 2.02. The van der Waals surface area contributed by atoms with Crippen LogP contribution in [0.1, 0.15) is 5.56 Å². The minimum absolute atomic E-state index is 0.0919. The Morgan fingerprint density at radius 3 is 1.67 bits per heavy atom. The van der Waals surface area contributed by atoms with Gasteiger partial charge in [-0.1, -0.05) is 97.1 Å². The van der Waals surface area contributed by atoms with E-state index in [0.29, 0.717) is 32.5 Å². The molecule has 0 saturated carbocycles. The number of rotatable bonds is 8. The first-order valence-electron chi connectivity index (χ1n) is 10.7. The van der Waals surface area contributed by atoms with Gasteiger partial charge in [-0.3, -0.25) is 0 Å². The van der Waals surface area contributed by atoms with Crippen LogP contribution in [0.5, 0.6) is 5.75 Å². The number of para-hydroxylation sites is 1. The molecule has 1 unspecified atom stereocenters. The summed E-state index contributed by atoms with van der Waals surface area (Å²) in [6, 6.07) is 32.7. The summed E-state index contributed by atoms with van der Waals surface area (Å²) < 4.78 is 35.7. The van der Waals surface area contributed by atoms with Crippen LogP contribution in [0.15, 0.2) is 109 Å². The Morgan fingerprint density at radius 1 is 0.636 bits per heavy atom. The summed E-state index contributed by atoms with van der Waals surface area (Å²) in [5.41, 5.74) is 0.555. The van der Waals surface area contributed by atoms with E-state index in [-0.39, 0.29) is 12.5 Å². The standard InChI is InChI=1S/C27H26O4P2/c1-31-25-17-9-11-19-27(25)33(30,26-18-10-8-12-22(26)20-28)21-32(29,23-13-4-2-5-14-23)24-15-6-3-7-16-24/h2-19,28H,20-21H2,1H3. The molecule has 0 radical (unpaired) electrons. The predicted octanol–water partition coefficient (Wildman–Crippen LogP) is 4.47. The van der Waals surface area contributed by atoms with Crippen LogP contribution in [0.25, 0.3) is 0 Å². The lowest BCUT2D eigenvalue weighted by molar-refractivity contribution is 0.283. The van der Waals surface area contributed by atoms with E-state index in [1.165, 1.54) is 7.11 Å². The number of aliphatic hydroxyl groups excluding tert-OH is 1. The molecule has 6 heteroatoms. The van der Waals surface area contributed by atoms with Gasteiger partial charge in [0.1, 0.15) is 5.75 Å². The number of benzene rings is 4. The fraction of sp³-hybridized carbons (Fsp3) is 0.111. The first kappa shape index (κ1) is 23.3. The van der Waals surface area contributed by atoms with Gasteiger partial charge in [0.25, 0.3) is 0 Å². The molecule has 0 aliphatic carbocycles. The van der Waals surface area contributed by atoms with Gasteiger partial charge in [0, 0.05) is 15.9 Å². The largest absolute Gasteiger partial charge is 0.496 e. The minimum atomic E-state index is -3.53. The number of hydrogen-bond acceptors (Lipinski definition) is 4. The van der Waals surface area contributed by atoms with Gasteiger partial charge < -0.3 is 19.0 Å². The quantitative estimate of drug-likeness (QED) is 0.381. The molecule has 0 aliphatic rings. The Bertz CT molecular complexity index is 1230. The minimum Gasteiger partial charge on any atom is -0.496 e. The summed E-state index contributed by atoms with van der Waals surface area (Å²) in [5, 5.41) is 12.4. The molecule has 0 heterocycles. The molecule has 1 atom stereocenters. The Morgan fingerprint density at radius 2 is 1.12 bits per heavy atom. The summed E-state index contributed by atoms with van der Waals surface area (Å²) >= 11 is 0. The zero-order chi connectivity index (χ0) is 23.3. The number of ether oxygens (including phenoxy) is 1. The SMILES string of the molecule is COc1ccccc1P(=O)(CP(=O)(c1ccccc1)c1ccccc1)c1ccccc1CO. The van der Waals surface area contributed by atoms with Crippen LogP contribution in [-0.2, 0) is 15.7 Å². The second-order valence-electron chi connectivity index (χ2n) is 7.75. The van der Waals surface area contributed by atoms with E-state index < -0.39 is 14.3 Å². The average molecular weight is 476 g/mol. The third kappa shape index (κ3) is 4.48. The second-order valence-corrected chi connectivity index (χ2v) is 13.8. The molecule has 0 spiro atoms. The van der Waals surface area contributed by atoms with Crippen molar-refractivity contribution >= 4 is 35.5 Å². The molecule has 33 heavy (non-hydrogen) atoms. The van der Waals surface area contributed by atoms with Crippen LogP contribution in [-0.4, -0.2) is 18.1 Å². The highest BCUT2D eigenvalue weighted by Crippen LogP contribution is 2.60. The normalized spacial score (nSPS) is 13.3. The first-order chi connectivity index (χ1) is 16.0. The van der Waals surface area contributed by atoms with Crippen molar-refractivity contribution in [1.29, 1.82) is 0 Å². The Hall–Kier alpha value is -2.90. The van der Waals surface area contributed by atoms with Gasteiger partial charge in [-0.05, 0) is 17.7 Å². The summed E-state index contributed by atoms with van der Waals surface area (Å²) in [4.78, 5) is 0. The van der Waals surface area contributed by atoms with E-state index in [2.05, 4.69) is 0 Å². The molecule has 4 nitrogen and oxygen atoms in total. The van der Waals surface area contributed by atoms with Crippen molar-refractivity contribution in [3.63, 3.8) is 0 Å². The highest BCUT2D eigenvalue weighted by molar-refractivity contribution is 7.94. The third-order valence-electron chi connectivity index (χ3n) is 5.77. The molecular weight excluding hydrogens is 450 g/mol. The number of methoxy groups -OCH3 is 1. The zero-order valence-corrected chi connectivity index (χ0v) is 20.2. The van der Waals surface area contributed by atoms with Crippen LogP contribution < -0.4 is 26.0 Å². The Labute approximate surface area is 194 Å². The van der Waals surface area contributed by atoms with Crippen molar-refractivity contribution in [2.24, 2.45) is 0 Å². The highest BCUT2D eigenvalue weighted by Gasteiger charge is 2.41. The average Bonchev–Trinajstić information content (AvgIpc) is 2.89. The van der Waals surface area contributed by atoms with Crippen molar-refractivity contribution < 1.29 is 19.0 Å². The summed E-state index contributed by atoms with van der Waals surface area (Å²) in [7, 11) is -5.33. The van der Waals surface area contributed by atoms with Gasteiger partial charge in [-0.2, -0.15) is 0 Å². The molecule has 4 aromatic carbocycles. The van der Waals surface area contributed by atoms with Crippen LogP contribution in [0.4, 0.5) is 0 Å². The molecule has 0 bridgehead atoms. The van der Waals surface area contributed by atoms with E-state index >= 15 is 4.57 Å². The second kappa shape index (κ2) is 9.93. The highest BCUT2D eigenvalue weighted by atomic mass is 31.2. The molecule has 0 fully saturated rings. The lowest BCUT2D eigenvalue weighted by atomic mass is 10.2. The van der Waals surface area contributed by atoms with E-state index in [1.807, 2.05) is 72.8 Å². The van der Waals surface area contributed by atoms with E-state index in [1.54, 1.807) is 36.4 Å². The zero-order valence-electron chi connectivity index (χ0n) is 18.4. The predicted molar refractivity (Wildman–Crippen MR) is 137 cm³/mol. The summed E-state index contributed by atoms with van der Waals surface area (Å²) in [6.07, 6.45) is 0. The van der Waals surface area contributed by atoms with Crippen molar-refractivity contribution in [3.8, 4) is 5.75 Å². The van der Waals surface area contributed by atoms with Gasteiger partial charge in [0.2, 0.25) is 0 Å². The summed E-state index contributed by atoms with van der Waals surface area (Å²) in [5.74, 6) is 0.382. The maximum absolute atomic E-state index is 15.2. The van der Waals surface area contributed by atoms with Gasteiger partial charge in [0.05, 0.1) is 24.9 Å². The number of hydrogen-bond donors (Lipinski definition) is 1. The number of aliphatic hydroxyl groups is 1. The molecule has 168 valence electrons. The van der Waals surface area contributed by atoms with Crippen LogP contribution in [0.3, 0.4) is 0 Å². The van der Waals surface area contributed by atoms with Crippen molar-refractivity contribution in [1.82, 2.24) is 0 Å². The molecule has 0 aliphatic heterocycles. The molecule has 4 rings (SSSR count). The fourth-order valence-corrected chi connectivity index (χ4v) is 12.6. The van der Waals surface area contributed by atoms with E-state index in [9.17, 15) is 9.67 Å². The van der Waals surface area contributed by atoms with E-state index in [0.717, 1.165) is 0 Å². The maximum Gasteiger partial charge on any atom is 0.154 e. The van der Waals surface area contributed by atoms with Crippen LogP contribution in [0, 0.1) is 0 Å². The lowest BCUT2D eigenvalue weighted by Gasteiger charge is -2.28. The smallest absolute Gasteiger partial charge is 0.154 e. The van der Waals surface area contributed by atoms with Gasteiger partial charge >= 0.3 is 0 Å². The Kier molecular flexibility index (Phi) is 7.00. The van der Waals surface area contributed by atoms with Gasteiger partial charge in [-0.25, -0.2) is 0 Å². The van der Waals surface area contributed by atoms with E-state index in [4.69, 9.17) is 4.74 Å². The fourth-order valence-electron chi connectivity index (χ4n) is 4.14. The third-order valence-corrected chi connectivity index (χ3v) is 13.6. The van der Waals surface area contributed by atoms with Gasteiger partial charge in [-0.15, -0.1) is 0 Å². The molecule has 0 amide bonds. The topological polar surface area (TPSA) is 63.6 Å². The van der Waals surface area contributed by atoms with Gasteiger partial charge in [0.15, 0.2) is 14.3 Å². The van der Waals surface area contributed by atoms with Crippen molar-refractivity contribution in [3.05, 3.63) is 115 Å². The van der Waals surface area contributed by atoms with Crippen molar-refractivity contribution in [2.45, 2.75) is 6.61 Å². The maximum atomic E-state index is 15.2.